The summed E-state index contributed by atoms with van der Waals surface area (Å²) in [6.45, 7) is 2.02. The molecule has 0 aliphatic heterocycles. The second-order valence-corrected chi connectivity index (χ2v) is 4.94. The Bertz CT molecular complexity index is 624. The predicted octanol–water partition coefficient (Wildman–Crippen LogP) is 3.25. The van der Waals surface area contributed by atoms with E-state index in [-0.39, 0.29) is 18.3 Å². The van der Waals surface area contributed by atoms with Gasteiger partial charge in [0.2, 0.25) is 5.76 Å². The van der Waals surface area contributed by atoms with Gasteiger partial charge in [-0.15, -0.1) is 0 Å². The lowest BCUT2D eigenvalue weighted by atomic mass is 10.3. The average Bonchev–Trinajstić information content (AvgIpc) is 2.93. The molecule has 0 aliphatic rings. The van der Waals surface area contributed by atoms with Crippen LogP contribution in [0.5, 0.6) is 0 Å². The van der Waals surface area contributed by atoms with E-state index >= 15 is 0 Å². The smallest absolute Gasteiger partial charge is 0.374 e. The molecule has 0 saturated heterocycles. The number of likely N-dealkylation sites (N-methyl/N-ethyl adjacent to an activating group) is 1. The van der Waals surface area contributed by atoms with Crippen molar-refractivity contribution in [3.63, 3.8) is 0 Å². The first-order chi connectivity index (χ1) is 10.1. The molecule has 0 radical (unpaired) electrons. The van der Waals surface area contributed by atoms with E-state index in [0.717, 1.165) is 5.69 Å². The monoisotopic (exact) mass is 351 g/mol. The number of nitrogens with zero attached hydrogens (tertiary/aromatic N) is 1. The molecule has 1 amide bonds. The van der Waals surface area contributed by atoms with E-state index in [0.29, 0.717) is 11.2 Å². The van der Waals surface area contributed by atoms with E-state index < -0.39 is 5.97 Å². The number of anilines is 1. The predicted molar refractivity (Wildman–Crippen MR) is 81.2 cm³/mol. The number of ether oxygens (including phenoxy) is 1. The number of amides is 1. The standard InChI is InChI=1S/C15H14BrNO4/c1-2-17(11-6-4-3-5-7-11)14(18)10-20-15(19)12-8-9-13(16)21-12/h3-9H,2,10H2,1H3. The second-order valence-electron chi connectivity index (χ2n) is 4.15. The summed E-state index contributed by atoms with van der Waals surface area (Å²) < 4.78 is 10.5. The van der Waals surface area contributed by atoms with Crippen molar-refractivity contribution in [3.8, 4) is 0 Å². The van der Waals surface area contributed by atoms with Gasteiger partial charge >= 0.3 is 5.97 Å². The maximum absolute atomic E-state index is 12.1. The summed E-state index contributed by atoms with van der Waals surface area (Å²) >= 11 is 3.10. The van der Waals surface area contributed by atoms with Crippen LogP contribution >= 0.6 is 15.9 Å². The van der Waals surface area contributed by atoms with Crippen LogP contribution in [0, 0.1) is 0 Å². The normalized spacial score (nSPS) is 10.2. The molecule has 1 aromatic carbocycles. The van der Waals surface area contributed by atoms with E-state index in [9.17, 15) is 9.59 Å². The van der Waals surface area contributed by atoms with Gasteiger partial charge in [-0.2, -0.15) is 0 Å². The number of carbonyl (C=O) groups is 2. The summed E-state index contributed by atoms with van der Waals surface area (Å²) in [5, 5.41) is 0. The Morgan fingerprint density at radius 3 is 2.48 bits per heavy atom. The Morgan fingerprint density at radius 2 is 1.90 bits per heavy atom. The first-order valence-electron chi connectivity index (χ1n) is 6.39. The fourth-order valence-corrected chi connectivity index (χ4v) is 2.12. The van der Waals surface area contributed by atoms with Crippen molar-refractivity contribution < 1.29 is 18.7 Å². The minimum Gasteiger partial charge on any atom is -0.450 e. The highest BCUT2D eigenvalue weighted by Gasteiger charge is 2.18. The number of benzene rings is 1. The van der Waals surface area contributed by atoms with E-state index in [2.05, 4.69) is 15.9 Å². The van der Waals surface area contributed by atoms with Crippen LogP contribution in [0.4, 0.5) is 5.69 Å². The minimum atomic E-state index is -0.668. The number of hydrogen-bond acceptors (Lipinski definition) is 4. The molecule has 0 fully saturated rings. The number of esters is 1. The number of carbonyl (C=O) groups excluding carboxylic acids is 2. The van der Waals surface area contributed by atoms with Crippen LogP contribution in [0.2, 0.25) is 0 Å². The Morgan fingerprint density at radius 1 is 1.19 bits per heavy atom. The second kappa shape index (κ2) is 7.08. The van der Waals surface area contributed by atoms with Crippen LogP contribution in [0.1, 0.15) is 17.5 Å². The van der Waals surface area contributed by atoms with Crippen LogP contribution in [-0.4, -0.2) is 25.0 Å². The number of furan rings is 1. The quantitative estimate of drug-likeness (QED) is 0.775. The first kappa shape index (κ1) is 15.3. The van der Waals surface area contributed by atoms with Crippen molar-refractivity contribution in [2.75, 3.05) is 18.1 Å². The largest absolute Gasteiger partial charge is 0.450 e. The lowest BCUT2D eigenvalue weighted by Gasteiger charge is -2.20. The van der Waals surface area contributed by atoms with Gasteiger partial charge in [0, 0.05) is 12.2 Å². The molecular weight excluding hydrogens is 338 g/mol. The zero-order chi connectivity index (χ0) is 15.2. The van der Waals surface area contributed by atoms with Crippen molar-refractivity contribution in [2.24, 2.45) is 0 Å². The third kappa shape index (κ3) is 3.95. The van der Waals surface area contributed by atoms with Crippen molar-refractivity contribution in [1.82, 2.24) is 0 Å². The van der Waals surface area contributed by atoms with Crippen LogP contribution in [0.15, 0.2) is 51.6 Å². The molecule has 0 aliphatic carbocycles. The van der Waals surface area contributed by atoms with Gasteiger partial charge in [0.25, 0.3) is 5.91 Å². The molecule has 2 aromatic rings. The number of para-hydroxylation sites is 1. The van der Waals surface area contributed by atoms with Crippen molar-refractivity contribution in [1.29, 1.82) is 0 Å². The van der Waals surface area contributed by atoms with Gasteiger partial charge in [-0.05, 0) is 47.1 Å². The van der Waals surface area contributed by atoms with Gasteiger partial charge < -0.3 is 14.1 Å². The fraction of sp³-hybridized carbons (Fsp3) is 0.200. The molecule has 0 saturated carbocycles. The summed E-state index contributed by atoms with van der Waals surface area (Å²) in [6, 6.07) is 12.3. The number of hydrogen-bond donors (Lipinski definition) is 0. The number of rotatable bonds is 5. The molecule has 5 nitrogen and oxygen atoms in total. The van der Waals surface area contributed by atoms with E-state index in [4.69, 9.17) is 9.15 Å². The van der Waals surface area contributed by atoms with Gasteiger partial charge in [-0.25, -0.2) is 4.79 Å². The molecule has 6 heteroatoms. The van der Waals surface area contributed by atoms with E-state index in [1.54, 1.807) is 11.0 Å². The molecule has 110 valence electrons. The molecule has 0 bridgehead atoms. The van der Waals surface area contributed by atoms with Crippen LogP contribution < -0.4 is 4.90 Å². The van der Waals surface area contributed by atoms with Crippen LogP contribution in [-0.2, 0) is 9.53 Å². The highest BCUT2D eigenvalue weighted by atomic mass is 79.9. The number of halogens is 1. The Hall–Kier alpha value is -2.08. The maximum atomic E-state index is 12.1. The van der Waals surface area contributed by atoms with Gasteiger partial charge in [-0.3, -0.25) is 4.79 Å². The van der Waals surface area contributed by atoms with Gasteiger partial charge in [0.15, 0.2) is 11.3 Å². The van der Waals surface area contributed by atoms with Crippen molar-refractivity contribution >= 4 is 33.5 Å². The van der Waals surface area contributed by atoms with Gasteiger partial charge in [-0.1, -0.05) is 18.2 Å². The molecule has 2 rings (SSSR count). The molecule has 0 N–H and O–H groups in total. The topological polar surface area (TPSA) is 59.8 Å². The molecule has 0 unspecified atom stereocenters. The summed E-state index contributed by atoms with van der Waals surface area (Å²) in [4.78, 5) is 25.4. The summed E-state index contributed by atoms with van der Waals surface area (Å²) in [6.07, 6.45) is 0. The van der Waals surface area contributed by atoms with Crippen molar-refractivity contribution in [2.45, 2.75) is 6.92 Å². The fourth-order valence-electron chi connectivity index (χ4n) is 1.81. The zero-order valence-electron chi connectivity index (χ0n) is 11.4. The summed E-state index contributed by atoms with van der Waals surface area (Å²) in [5.74, 6) is -0.904. The van der Waals surface area contributed by atoms with Gasteiger partial charge in [0.1, 0.15) is 0 Å². The van der Waals surface area contributed by atoms with Crippen molar-refractivity contribution in [3.05, 3.63) is 52.9 Å². The summed E-state index contributed by atoms with van der Waals surface area (Å²) in [7, 11) is 0. The molecule has 0 spiro atoms. The van der Waals surface area contributed by atoms with E-state index in [1.807, 2.05) is 37.3 Å². The Balaban J connectivity index is 1.96. The average molecular weight is 352 g/mol. The third-order valence-electron chi connectivity index (χ3n) is 2.79. The SMILES string of the molecule is CCN(C(=O)COC(=O)c1ccc(Br)o1)c1ccccc1. The molecule has 1 aromatic heterocycles. The first-order valence-corrected chi connectivity index (χ1v) is 7.19. The van der Waals surface area contributed by atoms with E-state index in [1.165, 1.54) is 6.07 Å². The highest BCUT2D eigenvalue weighted by molar-refractivity contribution is 9.10. The van der Waals surface area contributed by atoms with Gasteiger partial charge in [0.05, 0.1) is 0 Å². The third-order valence-corrected chi connectivity index (χ3v) is 3.21. The molecular formula is C15H14BrNO4. The van der Waals surface area contributed by atoms with Crippen LogP contribution in [0.3, 0.4) is 0 Å². The maximum Gasteiger partial charge on any atom is 0.374 e. The summed E-state index contributed by atoms with van der Waals surface area (Å²) in [5.41, 5.74) is 0.766. The molecule has 21 heavy (non-hydrogen) atoms. The molecule has 1 heterocycles. The Kier molecular flexibility index (Phi) is 5.16. The highest BCUT2D eigenvalue weighted by Crippen LogP contribution is 2.16. The van der Waals surface area contributed by atoms with Crippen LogP contribution in [0.25, 0.3) is 0 Å². The molecule has 0 atom stereocenters. The lowest BCUT2D eigenvalue weighted by Crippen LogP contribution is -2.34. The lowest BCUT2D eigenvalue weighted by molar-refractivity contribution is -0.121. The minimum absolute atomic E-state index is 0.0532. The zero-order valence-corrected chi connectivity index (χ0v) is 13.0. The Labute approximate surface area is 130 Å².